The first-order valence-corrected chi connectivity index (χ1v) is 12.5. The van der Waals surface area contributed by atoms with E-state index in [1.807, 2.05) is 24.3 Å². The van der Waals surface area contributed by atoms with Crippen molar-refractivity contribution in [1.82, 2.24) is 4.98 Å². The second kappa shape index (κ2) is 9.54. The molecule has 0 spiro atoms. The summed E-state index contributed by atoms with van der Waals surface area (Å²) in [4.78, 5) is 44.1. The van der Waals surface area contributed by atoms with Crippen LogP contribution in [0, 0.1) is 0 Å². The monoisotopic (exact) mass is 478 g/mol. The molecule has 1 amide bonds. The lowest BCUT2D eigenvalue weighted by molar-refractivity contribution is -0.119. The van der Waals surface area contributed by atoms with E-state index in [1.165, 1.54) is 18.4 Å². The number of amides is 1. The smallest absolute Gasteiger partial charge is 0.341 e. The summed E-state index contributed by atoms with van der Waals surface area (Å²) in [5.74, 6) is -1.46. The van der Waals surface area contributed by atoms with Gasteiger partial charge in [-0.3, -0.25) is 9.78 Å². The van der Waals surface area contributed by atoms with E-state index in [0.29, 0.717) is 16.1 Å². The van der Waals surface area contributed by atoms with Crippen LogP contribution in [0.1, 0.15) is 68.1 Å². The Balaban J connectivity index is 1.35. The molecule has 2 aliphatic carbocycles. The predicted octanol–water partition coefficient (Wildman–Crippen LogP) is 4.64. The zero-order valence-corrected chi connectivity index (χ0v) is 19.9. The van der Waals surface area contributed by atoms with Gasteiger partial charge in [0, 0.05) is 16.0 Å². The van der Waals surface area contributed by atoms with E-state index < -0.39 is 24.5 Å². The average Bonchev–Trinajstić information content (AvgIpc) is 3.37. The molecule has 0 unspecified atom stereocenters. The predicted molar refractivity (Wildman–Crippen MR) is 130 cm³/mol. The molecule has 0 fully saturated rings. The fourth-order valence-electron chi connectivity index (χ4n) is 4.96. The van der Waals surface area contributed by atoms with Gasteiger partial charge >= 0.3 is 11.9 Å². The van der Waals surface area contributed by atoms with Crippen LogP contribution in [0.25, 0.3) is 10.9 Å². The summed E-state index contributed by atoms with van der Waals surface area (Å²) >= 11 is 1.41. The van der Waals surface area contributed by atoms with Crippen LogP contribution in [-0.4, -0.2) is 36.5 Å². The molecule has 5 rings (SSSR count). The number of thiophene rings is 1. The maximum Gasteiger partial charge on any atom is 0.341 e. The molecule has 176 valence electrons. The Morgan fingerprint density at radius 2 is 1.74 bits per heavy atom. The Hall–Kier alpha value is -3.26. The Kier molecular flexibility index (Phi) is 6.32. The van der Waals surface area contributed by atoms with Crippen molar-refractivity contribution in [2.75, 3.05) is 19.0 Å². The number of hydrogen-bond acceptors (Lipinski definition) is 7. The van der Waals surface area contributed by atoms with Gasteiger partial charge in [0.25, 0.3) is 5.91 Å². The summed E-state index contributed by atoms with van der Waals surface area (Å²) < 4.78 is 10.4. The number of carbonyl (C=O) groups is 3. The fraction of sp³-hybridized carbons (Fsp3) is 0.385. The second-order valence-electron chi connectivity index (χ2n) is 8.67. The number of para-hydroxylation sites is 1. The SMILES string of the molecule is COC(=O)c1c(NC(=O)COC(=O)c2c3c(nc4ccccc24)CCC3)sc2c1CCCCC2. The highest BCUT2D eigenvalue weighted by Gasteiger charge is 2.28. The lowest BCUT2D eigenvalue weighted by Gasteiger charge is -2.12. The number of pyridine rings is 1. The largest absolute Gasteiger partial charge is 0.465 e. The van der Waals surface area contributed by atoms with Crippen molar-refractivity contribution in [2.24, 2.45) is 0 Å². The molecule has 3 aromatic rings. The summed E-state index contributed by atoms with van der Waals surface area (Å²) in [7, 11) is 1.34. The van der Waals surface area contributed by atoms with E-state index in [4.69, 9.17) is 14.5 Å². The topological polar surface area (TPSA) is 94.6 Å². The van der Waals surface area contributed by atoms with Gasteiger partial charge in [-0.25, -0.2) is 9.59 Å². The van der Waals surface area contributed by atoms with Crippen molar-refractivity contribution in [3.05, 3.63) is 57.1 Å². The van der Waals surface area contributed by atoms with Crippen LogP contribution in [0.3, 0.4) is 0 Å². The van der Waals surface area contributed by atoms with Crippen LogP contribution in [0.4, 0.5) is 5.00 Å². The molecule has 0 radical (unpaired) electrons. The van der Waals surface area contributed by atoms with Gasteiger partial charge in [-0.05, 0) is 62.1 Å². The molecule has 0 aliphatic heterocycles. The van der Waals surface area contributed by atoms with Gasteiger partial charge in [0.15, 0.2) is 6.61 Å². The number of methoxy groups -OCH3 is 1. The zero-order chi connectivity index (χ0) is 23.7. The minimum absolute atomic E-state index is 0.432. The van der Waals surface area contributed by atoms with Crippen molar-refractivity contribution in [2.45, 2.75) is 51.4 Å². The van der Waals surface area contributed by atoms with E-state index in [2.05, 4.69) is 5.32 Å². The van der Waals surface area contributed by atoms with Crippen molar-refractivity contribution in [3.63, 3.8) is 0 Å². The third-order valence-corrected chi connectivity index (χ3v) is 7.73. The number of aromatic nitrogens is 1. The summed E-state index contributed by atoms with van der Waals surface area (Å²) in [6.07, 6.45) is 7.40. The number of benzene rings is 1. The van der Waals surface area contributed by atoms with Crippen LogP contribution in [-0.2, 0) is 40.0 Å². The Labute approximate surface area is 201 Å². The molecule has 1 N–H and O–H groups in total. The average molecular weight is 479 g/mol. The summed E-state index contributed by atoms with van der Waals surface area (Å²) in [6.45, 7) is -0.437. The van der Waals surface area contributed by atoms with Crippen LogP contribution in [0.5, 0.6) is 0 Å². The lowest BCUT2D eigenvalue weighted by Crippen LogP contribution is -2.22. The first-order valence-electron chi connectivity index (χ1n) is 11.7. The molecule has 0 saturated heterocycles. The second-order valence-corrected chi connectivity index (χ2v) is 9.77. The van der Waals surface area contributed by atoms with Crippen LogP contribution < -0.4 is 5.32 Å². The number of hydrogen-bond donors (Lipinski definition) is 1. The number of rotatable bonds is 5. The first-order chi connectivity index (χ1) is 16.6. The van der Waals surface area contributed by atoms with Crippen molar-refractivity contribution >= 4 is 45.1 Å². The lowest BCUT2D eigenvalue weighted by atomic mass is 10.0. The molecule has 7 nitrogen and oxygen atoms in total. The molecular weight excluding hydrogens is 452 g/mol. The Morgan fingerprint density at radius 3 is 2.59 bits per heavy atom. The summed E-state index contributed by atoms with van der Waals surface area (Å²) in [5, 5.41) is 4.00. The number of anilines is 1. The molecule has 1 aromatic carbocycles. The van der Waals surface area contributed by atoms with E-state index in [-0.39, 0.29) is 0 Å². The quantitative estimate of drug-likeness (QED) is 0.424. The molecule has 0 saturated carbocycles. The number of fused-ring (bicyclic) bond motifs is 3. The van der Waals surface area contributed by atoms with Crippen LogP contribution in [0.2, 0.25) is 0 Å². The third kappa shape index (κ3) is 4.18. The molecule has 2 aliphatic rings. The van der Waals surface area contributed by atoms with Gasteiger partial charge in [-0.2, -0.15) is 0 Å². The van der Waals surface area contributed by atoms with E-state index >= 15 is 0 Å². The van der Waals surface area contributed by atoms with E-state index in [1.54, 1.807) is 0 Å². The van der Waals surface area contributed by atoms with Crippen molar-refractivity contribution in [1.29, 1.82) is 0 Å². The minimum atomic E-state index is -0.526. The highest BCUT2D eigenvalue weighted by Crippen LogP contribution is 2.38. The highest BCUT2D eigenvalue weighted by molar-refractivity contribution is 7.17. The fourth-order valence-corrected chi connectivity index (χ4v) is 6.25. The molecule has 8 heteroatoms. The zero-order valence-electron chi connectivity index (χ0n) is 19.1. The van der Waals surface area contributed by atoms with E-state index in [9.17, 15) is 14.4 Å². The Bertz CT molecular complexity index is 1300. The molecule has 0 atom stereocenters. The van der Waals surface area contributed by atoms with E-state index in [0.717, 1.165) is 84.0 Å². The molecule has 2 heterocycles. The van der Waals surface area contributed by atoms with Crippen LogP contribution >= 0.6 is 11.3 Å². The number of nitrogens with one attached hydrogen (secondary N) is 1. The van der Waals surface area contributed by atoms with Gasteiger partial charge in [0.1, 0.15) is 5.00 Å². The number of carbonyl (C=O) groups excluding carboxylic acids is 3. The summed E-state index contributed by atoms with van der Waals surface area (Å²) in [6, 6.07) is 7.50. The van der Waals surface area contributed by atoms with Gasteiger partial charge in [-0.15, -0.1) is 11.3 Å². The van der Waals surface area contributed by atoms with Crippen molar-refractivity contribution in [3.8, 4) is 0 Å². The molecule has 34 heavy (non-hydrogen) atoms. The van der Waals surface area contributed by atoms with Crippen LogP contribution in [0.15, 0.2) is 24.3 Å². The maximum absolute atomic E-state index is 13.1. The molecule has 0 bridgehead atoms. The van der Waals surface area contributed by atoms with Gasteiger partial charge in [0.2, 0.25) is 0 Å². The summed E-state index contributed by atoms with van der Waals surface area (Å²) in [5.41, 5.74) is 4.51. The highest BCUT2D eigenvalue weighted by atomic mass is 32.1. The normalized spacial score (nSPS) is 14.7. The number of esters is 2. The molecular formula is C26H26N2O5S. The van der Waals surface area contributed by atoms with Gasteiger partial charge < -0.3 is 14.8 Å². The third-order valence-electron chi connectivity index (χ3n) is 6.52. The number of ether oxygens (including phenoxy) is 2. The van der Waals surface area contributed by atoms with Gasteiger partial charge in [-0.1, -0.05) is 24.6 Å². The Morgan fingerprint density at radius 1 is 0.941 bits per heavy atom. The standard InChI is InChI=1S/C26H26N2O5S/c1-32-25(30)23-17-9-3-2-4-13-20(17)34-24(23)28-21(29)14-33-26(31)22-15-8-5-6-11-18(15)27-19-12-7-10-16(19)22/h5-6,8,11H,2-4,7,9-10,12-14H2,1H3,(H,28,29). The number of nitrogens with zero attached hydrogens (tertiary/aromatic N) is 1. The van der Waals surface area contributed by atoms with Gasteiger partial charge in [0.05, 0.1) is 23.8 Å². The first kappa shape index (κ1) is 22.5. The number of aryl methyl sites for hydroxylation is 2. The maximum atomic E-state index is 13.1. The molecule has 2 aromatic heterocycles. The minimum Gasteiger partial charge on any atom is -0.465 e. The van der Waals surface area contributed by atoms with Crippen molar-refractivity contribution < 1.29 is 23.9 Å².